The molecule has 0 unspecified atom stereocenters. The molecule has 2 nitrogen and oxygen atoms in total. The molecule has 2 rings (SSSR count). The Morgan fingerprint density at radius 1 is 1.31 bits per heavy atom. The van der Waals surface area contributed by atoms with Crippen LogP contribution in [0, 0.1) is 0 Å². The minimum Gasteiger partial charge on any atom is -0.311 e. The van der Waals surface area contributed by atoms with Crippen LogP contribution in [0.2, 0.25) is 0 Å². The van der Waals surface area contributed by atoms with Crippen LogP contribution in [0.1, 0.15) is 25.3 Å². The average molecular weight is 218 g/mol. The van der Waals surface area contributed by atoms with E-state index in [1.807, 2.05) is 0 Å². The number of rotatable bonds is 5. The Morgan fingerprint density at radius 2 is 2.12 bits per heavy atom. The van der Waals surface area contributed by atoms with Crippen LogP contribution < -0.4 is 5.32 Å². The van der Waals surface area contributed by atoms with Crippen LogP contribution in [0.5, 0.6) is 0 Å². The fourth-order valence-electron chi connectivity index (χ4n) is 2.52. The van der Waals surface area contributed by atoms with Crippen LogP contribution in [0.15, 0.2) is 30.3 Å². The van der Waals surface area contributed by atoms with E-state index >= 15 is 0 Å². The summed E-state index contributed by atoms with van der Waals surface area (Å²) in [6.45, 7) is 6.86. The van der Waals surface area contributed by atoms with Crippen LogP contribution in [0.25, 0.3) is 0 Å². The van der Waals surface area contributed by atoms with E-state index in [0.29, 0.717) is 0 Å². The van der Waals surface area contributed by atoms with Crippen LogP contribution >= 0.6 is 0 Å². The Kier molecular flexibility index (Phi) is 4.37. The molecule has 88 valence electrons. The zero-order chi connectivity index (χ0) is 11.2. The molecule has 1 aromatic rings. The molecule has 1 N–H and O–H groups in total. The number of nitrogens with one attached hydrogen (secondary N) is 1. The van der Waals surface area contributed by atoms with E-state index in [9.17, 15) is 0 Å². The molecular weight excluding hydrogens is 196 g/mol. The Balaban J connectivity index is 1.72. The van der Waals surface area contributed by atoms with Crippen LogP contribution in [0.3, 0.4) is 0 Å². The predicted molar refractivity (Wildman–Crippen MR) is 68.4 cm³/mol. The highest BCUT2D eigenvalue weighted by Gasteiger charge is 2.21. The van der Waals surface area contributed by atoms with Crippen molar-refractivity contribution in [1.29, 1.82) is 0 Å². The van der Waals surface area contributed by atoms with E-state index in [4.69, 9.17) is 0 Å². The molecular formula is C14H22N2. The van der Waals surface area contributed by atoms with Gasteiger partial charge in [-0.3, -0.25) is 4.90 Å². The van der Waals surface area contributed by atoms with Crippen molar-refractivity contribution in [3.05, 3.63) is 35.9 Å². The Labute approximate surface area is 98.7 Å². The maximum atomic E-state index is 3.57. The lowest BCUT2D eigenvalue weighted by atomic mass is 10.2. The summed E-state index contributed by atoms with van der Waals surface area (Å²) in [4.78, 5) is 2.58. The molecule has 0 aromatic heterocycles. The van der Waals surface area contributed by atoms with E-state index in [2.05, 4.69) is 47.5 Å². The molecule has 1 saturated heterocycles. The lowest BCUT2D eigenvalue weighted by Crippen LogP contribution is -2.37. The molecule has 0 bridgehead atoms. The lowest BCUT2D eigenvalue weighted by Gasteiger charge is -2.22. The number of hydrogen-bond donors (Lipinski definition) is 1. The van der Waals surface area contributed by atoms with E-state index in [1.54, 1.807) is 0 Å². The molecule has 0 amide bonds. The zero-order valence-electron chi connectivity index (χ0n) is 10.2. The third-order valence-corrected chi connectivity index (χ3v) is 3.46. The highest BCUT2D eigenvalue weighted by Crippen LogP contribution is 2.15. The standard InChI is InChI=1S/C14H22N2/c1-2-16-10-6-9-14(16)12-15-11-13-7-4-3-5-8-13/h3-5,7-8,14-15H,2,6,9-12H2,1H3/t14-/m1/s1. The third kappa shape index (κ3) is 3.06. The first-order valence-corrected chi connectivity index (χ1v) is 6.39. The monoisotopic (exact) mass is 218 g/mol. The molecule has 0 saturated carbocycles. The first kappa shape index (κ1) is 11.6. The predicted octanol–water partition coefficient (Wildman–Crippen LogP) is 2.26. The second-order valence-electron chi connectivity index (χ2n) is 4.54. The van der Waals surface area contributed by atoms with Gasteiger partial charge in [-0.1, -0.05) is 37.3 Å². The van der Waals surface area contributed by atoms with Gasteiger partial charge in [0.15, 0.2) is 0 Å². The Hall–Kier alpha value is -0.860. The van der Waals surface area contributed by atoms with Gasteiger partial charge in [-0.15, -0.1) is 0 Å². The van der Waals surface area contributed by atoms with Gasteiger partial charge in [-0.25, -0.2) is 0 Å². The molecule has 1 heterocycles. The van der Waals surface area contributed by atoms with Crippen LogP contribution in [-0.2, 0) is 6.54 Å². The lowest BCUT2D eigenvalue weighted by molar-refractivity contribution is 0.260. The van der Waals surface area contributed by atoms with Crippen molar-refractivity contribution < 1.29 is 0 Å². The summed E-state index contributed by atoms with van der Waals surface area (Å²) in [5.74, 6) is 0. The van der Waals surface area contributed by atoms with Gasteiger partial charge in [-0.05, 0) is 31.5 Å². The van der Waals surface area contributed by atoms with E-state index in [-0.39, 0.29) is 0 Å². The quantitative estimate of drug-likeness (QED) is 0.815. The van der Waals surface area contributed by atoms with Gasteiger partial charge in [0.05, 0.1) is 0 Å². The summed E-state index contributed by atoms with van der Waals surface area (Å²) in [5, 5.41) is 3.57. The molecule has 16 heavy (non-hydrogen) atoms. The summed E-state index contributed by atoms with van der Waals surface area (Å²) >= 11 is 0. The summed E-state index contributed by atoms with van der Waals surface area (Å²) in [5.41, 5.74) is 1.38. The normalized spacial score (nSPS) is 21.4. The summed E-state index contributed by atoms with van der Waals surface area (Å²) in [6.07, 6.45) is 2.72. The van der Waals surface area contributed by atoms with E-state index < -0.39 is 0 Å². The Bertz CT molecular complexity index is 297. The van der Waals surface area contributed by atoms with Gasteiger partial charge >= 0.3 is 0 Å². The van der Waals surface area contributed by atoms with Crippen molar-refractivity contribution in [1.82, 2.24) is 10.2 Å². The molecule has 1 aliphatic rings. The molecule has 0 aliphatic carbocycles. The smallest absolute Gasteiger partial charge is 0.0221 e. The first-order chi connectivity index (χ1) is 7.90. The van der Waals surface area contributed by atoms with E-state index in [0.717, 1.165) is 19.1 Å². The minimum atomic E-state index is 0.758. The number of likely N-dealkylation sites (N-methyl/N-ethyl adjacent to an activating group) is 1. The second kappa shape index (κ2) is 6.02. The fourth-order valence-corrected chi connectivity index (χ4v) is 2.52. The highest BCUT2D eigenvalue weighted by atomic mass is 15.2. The van der Waals surface area contributed by atoms with Crippen molar-refractivity contribution in [3.8, 4) is 0 Å². The van der Waals surface area contributed by atoms with Gasteiger partial charge in [-0.2, -0.15) is 0 Å². The van der Waals surface area contributed by atoms with Crippen LogP contribution in [-0.4, -0.2) is 30.6 Å². The summed E-state index contributed by atoms with van der Waals surface area (Å²) in [7, 11) is 0. The average Bonchev–Trinajstić information content (AvgIpc) is 2.78. The van der Waals surface area contributed by atoms with Gasteiger partial charge in [0, 0.05) is 19.1 Å². The van der Waals surface area contributed by atoms with Crippen molar-refractivity contribution in [3.63, 3.8) is 0 Å². The number of hydrogen-bond acceptors (Lipinski definition) is 2. The van der Waals surface area contributed by atoms with Crippen molar-refractivity contribution in [2.45, 2.75) is 32.4 Å². The second-order valence-corrected chi connectivity index (χ2v) is 4.54. The maximum absolute atomic E-state index is 3.57. The third-order valence-electron chi connectivity index (χ3n) is 3.46. The molecule has 1 aliphatic heterocycles. The Morgan fingerprint density at radius 3 is 2.88 bits per heavy atom. The van der Waals surface area contributed by atoms with Crippen molar-refractivity contribution >= 4 is 0 Å². The zero-order valence-corrected chi connectivity index (χ0v) is 10.2. The minimum absolute atomic E-state index is 0.758. The van der Waals surface area contributed by atoms with Crippen molar-refractivity contribution in [2.24, 2.45) is 0 Å². The van der Waals surface area contributed by atoms with Crippen molar-refractivity contribution in [2.75, 3.05) is 19.6 Å². The van der Waals surface area contributed by atoms with Gasteiger partial charge in [0.25, 0.3) is 0 Å². The molecule has 0 radical (unpaired) electrons. The van der Waals surface area contributed by atoms with Gasteiger partial charge < -0.3 is 5.32 Å². The first-order valence-electron chi connectivity index (χ1n) is 6.39. The molecule has 0 spiro atoms. The molecule has 1 atom stereocenters. The fraction of sp³-hybridized carbons (Fsp3) is 0.571. The molecule has 2 heteroatoms. The molecule has 1 fully saturated rings. The number of likely N-dealkylation sites (tertiary alicyclic amines) is 1. The van der Waals surface area contributed by atoms with E-state index in [1.165, 1.54) is 31.5 Å². The van der Waals surface area contributed by atoms with Gasteiger partial charge in [0.1, 0.15) is 0 Å². The SMILES string of the molecule is CCN1CCC[C@@H]1CNCc1ccccc1. The molecule has 1 aromatic carbocycles. The topological polar surface area (TPSA) is 15.3 Å². The largest absolute Gasteiger partial charge is 0.311 e. The maximum Gasteiger partial charge on any atom is 0.0221 e. The highest BCUT2D eigenvalue weighted by molar-refractivity contribution is 5.14. The number of nitrogens with zero attached hydrogens (tertiary/aromatic N) is 1. The van der Waals surface area contributed by atoms with Crippen LogP contribution in [0.4, 0.5) is 0 Å². The number of benzene rings is 1. The summed E-state index contributed by atoms with van der Waals surface area (Å²) in [6, 6.07) is 11.4. The summed E-state index contributed by atoms with van der Waals surface area (Å²) < 4.78 is 0. The van der Waals surface area contributed by atoms with Gasteiger partial charge in [0.2, 0.25) is 0 Å².